The van der Waals surface area contributed by atoms with Gasteiger partial charge < -0.3 is 15.2 Å². The van der Waals surface area contributed by atoms with Gasteiger partial charge in [-0.25, -0.2) is 4.98 Å². The van der Waals surface area contributed by atoms with Crippen molar-refractivity contribution in [3.8, 4) is 0 Å². The van der Waals surface area contributed by atoms with E-state index in [4.69, 9.17) is 0 Å². The monoisotopic (exact) mass is 316 g/mol. The van der Waals surface area contributed by atoms with Crippen molar-refractivity contribution < 1.29 is 13.2 Å². The van der Waals surface area contributed by atoms with Crippen LogP contribution in [0.3, 0.4) is 0 Å². The molecule has 2 aliphatic heterocycles. The van der Waals surface area contributed by atoms with E-state index in [1.165, 1.54) is 12.8 Å². The Morgan fingerprint density at radius 2 is 1.82 bits per heavy atom. The zero-order chi connectivity index (χ0) is 15.6. The standard InChI is InChI=1S/C15H23F3N4/c16-15(17,18)13-9-20-14(21-13)12-3-7-22(8-4-12)10-11-1-5-19-6-2-11/h9,11-12,19H,1-8,10H2,(H,20,21). The Kier molecular flexibility index (Phi) is 4.73. The van der Waals surface area contributed by atoms with Crippen molar-refractivity contribution in [2.45, 2.75) is 37.8 Å². The molecule has 0 bridgehead atoms. The maximum absolute atomic E-state index is 12.6. The van der Waals surface area contributed by atoms with Crippen molar-refractivity contribution in [2.75, 3.05) is 32.7 Å². The van der Waals surface area contributed by atoms with Gasteiger partial charge in [0.1, 0.15) is 11.5 Å². The molecule has 124 valence electrons. The van der Waals surface area contributed by atoms with Crippen LogP contribution in [0.25, 0.3) is 0 Å². The van der Waals surface area contributed by atoms with Crippen LogP contribution in [0.4, 0.5) is 13.2 Å². The van der Waals surface area contributed by atoms with Crippen LogP contribution in [0, 0.1) is 5.92 Å². The third-order valence-electron chi connectivity index (χ3n) is 4.85. The SMILES string of the molecule is FC(F)(F)c1cnc(C2CCN(CC3CCNCC3)CC2)[nH]1. The second kappa shape index (κ2) is 6.58. The third-order valence-corrected chi connectivity index (χ3v) is 4.85. The Balaban J connectivity index is 1.50. The highest BCUT2D eigenvalue weighted by Crippen LogP contribution is 2.31. The summed E-state index contributed by atoms with van der Waals surface area (Å²) < 4.78 is 37.8. The van der Waals surface area contributed by atoms with Crippen LogP contribution in [0.15, 0.2) is 6.20 Å². The van der Waals surface area contributed by atoms with Gasteiger partial charge in [-0.15, -0.1) is 0 Å². The molecule has 0 atom stereocenters. The number of aromatic nitrogens is 2. The normalized spacial score (nSPS) is 23.0. The van der Waals surface area contributed by atoms with Gasteiger partial charge in [0.05, 0.1) is 6.20 Å². The summed E-state index contributed by atoms with van der Waals surface area (Å²) in [6.07, 6.45) is 0.809. The van der Waals surface area contributed by atoms with Gasteiger partial charge in [0, 0.05) is 12.5 Å². The molecule has 0 spiro atoms. The Labute approximate surface area is 128 Å². The lowest BCUT2D eigenvalue weighted by Gasteiger charge is -2.35. The van der Waals surface area contributed by atoms with Crippen molar-refractivity contribution >= 4 is 0 Å². The van der Waals surface area contributed by atoms with Crippen LogP contribution in [0.1, 0.15) is 43.1 Å². The molecule has 1 aromatic heterocycles. The zero-order valence-corrected chi connectivity index (χ0v) is 12.6. The molecule has 0 radical (unpaired) electrons. The average molecular weight is 316 g/mol. The number of halogens is 3. The van der Waals surface area contributed by atoms with Gasteiger partial charge in [0.15, 0.2) is 0 Å². The summed E-state index contributed by atoms with van der Waals surface area (Å²) in [7, 11) is 0. The summed E-state index contributed by atoms with van der Waals surface area (Å²) in [5.74, 6) is 1.38. The second-order valence-electron chi connectivity index (χ2n) is 6.45. The highest BCUT2D eigenvalue weighted by atomic mass is 19.4. The van der Waals surface area contributed by atoms with E-state index in [1.807, 2.05) is 0 Å². The first-order chi connectivity index (χ1) is 10.5. The molecule has 1 aromatic rings. The van der Waals surface area contributed by atoms with E-state index in [0.29, 0.717) is 5.82 Å². The van der Waals surface area contributed by atoms with E-state index in [9.17, 15) is 13.2 Å². The summed E-state index contributed by atoms with van der Waals surface area (Å²) in [6.45, 7) is 5.25. The number of aromatic amines is 1. The number of imidazole rings is 1. The fourth-order valence-corrected chi connectivity index (χ4v) is 3.51. The Bertz CT molecular complexity index is 471. The first-order valence-electron chi connectivity index (χ1n) is 8.07. The topological polar surface area (TPSA) is 44.0 Å². The van der Waals surface area contributed by atoms with Gasteiger partial charge in [-0.05, 0) is 57.8 Å². The maximum atomic E-state index is 12.6. The number of nitrogens with zero attached hydrogens (tertiary/aromatic N) is 2. The molecule has 2 fully saturated rings. The van der Waals surface area contributed by atoms with Crippen molar-refractivity contribution in [3.63, 3.8) is 0 Å². The molecule has 3 rings (SSSR count). The van der Waals surface area contributed by atoms with E-state index in [0.717, 1.165) is 57.7 Å². The summed E-state index contributed by atoms with van der Waals surface area (Å²) in [5, 5.41) is 3.37. The molecule has 0 unspecified atom stereocenters. The van der Waals surface area contributed by atoms with Gasteiger partial charge in [-0.1, -0.05) is 0 Å². The van der Waals surface area contributed by atoms with Crippen LogP contribution in [0.5, 0.6) is 0 Å². The minimum atomic E-state index is -4.33. The molecule has 0 aromatic carbocycles. The van der Waals surface area contributed by atoms with Crippen molar-refractivity contribution in [2.24, 2.45) is 5.92 Å². The summed E-state index contributed by atoms with van der Waals surface area (Å²) in [6, 6.07) is 0. The lowest BCUT2D eigenvalue weighted by atomic mass is 9.93. The minimum Gasteiger partial charge on any atom is -0.338 e. The van der Waals surface area contributed by atoms with Crippen LogP contribution >= 0.6 is 0 Å². The van der Waals surface area contributed by atoms with E-state index in [1.54, 1.807) is 0 Å². The molecule has 0 saturated carbocycles. The van der Waals surface area contributed by atoms with Crippen molar-refractivity contribution in [3.05, 3.63) is 17.7 Å². The van der Waals surface area contributed by atoms with Gasteiger partial charge in [0.25, 0.3) is 0 Å². The number of alkyl halides is 3. The van der Waals surface area contributed by atoms with E-state index in [2.05, 4.69) is 20.2 Å². The molecule has 0 aliphatic carbocycles. The molecule has 2 saturated heterocycles. The summed E-state index contributed by atoms with van der Waals surface area (Å²) in [5.41, 5.74) is -0.736. The number of hydrogen-bond donors (Lipinski definition) is 2. The fraction of sp³-hybridized carbons (Fsp3) is 0.800. The maximum Gasteiger partial charge on any atom is 0.432 e. The molecule has 0 amide bonds. The number of hydrogen-bond acceptors (Lipinski definition) is 3. The van der Waals surface area contributed by atoms with Crippen molar-refractivity contribution in [1.29, 1.82) is 0 Å². The van der Waals surface area contributed by atoms with Crippen LogP contribution in [-0.4, -0.2) is 47.6 Å². The minimum absolute atomic E-state index is 0.125. The number of piperidine rings is 2. The number of likely N-dealkylation sites (tertiary alicyclic amines) is 1. The Hall–Kier alpha value is -1.08. The average Bonchev–Trinajstić information content (AvgIpc) is 2.99. The number of rotatable bonds is 3. The number of nitrogens with one attached hydrogen (secondary N) is 2. The predicted molar refractivity (Wildman–Crippen MR) is 77.6 cm³/mol. The largest absolute Gasteiger partial charge is 0.432 e. The van der Waals surface area contributed by atoms with Crippen molar-refractivity contribution in [1.82, 2.24) is 20.2 Å². The van der Waals surface area contributed by atoms with Gasteiger partial charge >= 0.3 is 6.18 Å². The number of H-pyrrole nitrogens is 1. The van der Waals surface area contributed by atoms with Crippen LogP contribution in [-0.2, 0) is 6.18 Å². The molecule has 2 N–H and O–H groups in total. The van der Waals surface area contributed by atoms with Gasteiger partial charge in [0.2, 0.25) is 0 Å². The highest BCUT2D eigenvalue weighted by Gasteiger charge is 2.34. The highest BCUT2D eigenvalue weighted by molar-refractivity contribution is 5.09. The van der Waals surface area contributed by atoms with E-state index < -0.39 is 11.9 Å². The van der Waals surface area contributed by atoms with Gasteiger partial charge in [-0.2, -0.15) is 13.2 Å². The molecular formula is C15H23F3N4. The molecule has 7 heteroatoms. The summed E-state index contributed by atoms with van der Waals surface area (Å²) in [4.78, 5) is 8.86. The van der Waals surface area contributed by atoms with Crippen LogP contribution in [0.2, 0.25) is 0 Å². The van der Waals surface area contributed by atoms with Gasteiger partial charge in [-0.3, -0.25) is 0 Å². The molecule has 3 heterocycles. The fourth-order valence-electron chi connectivity index (χ4n) is 3.51. The molecule has 22 heavy (non-hydrogen) atoms. The lowest BCUT2D eigenvalue weighted by molar-refractivity contribution is -0.141. The van der Waals surface area contributed by atoms with E-state index >= 15 is 0 Å². The molecule has 4 nitrogen and oxygen atoms in total. The predicted octanol–water partition coefficient (Wildman–Crippen LogP) is 2.61. The smallest absolute Gasteiger partial charge is 0.338 e. The van der Waals surface area contributed by atoms with E-state index in [-0.39, 0.29) is 5.92 Å². The first-order valence-corrected chi connectivity index (χ1v) is 8.07. The first kappa shape index (κ1) is 15.8. The lowest BCUT2D eigenvalue weighted by Crippen LogP contribution is -2.40. The zero-order valence-electron chi connectivity index (χ0n) is 12.6. The quantitative estimate of drug-likeness (QED) is 0.901. The summed E-state index contributed by atoms with van der Waals surface area (Å²) >= 11 is 0. The second-order valence-corrected chi connectivity index (χ2v) is 6.45. The Morgan fingerprint density at radius 1 is 1.14 bits per heavy atom. The molecule has 2 aliphatic rings. The Morgan fingerprint density at radius 3 is 2.41 bits per heavy atom. The molecular weight excluding hydrogens is 293 g/mol. The van der Waals surface area contributed by atoms with Crippen LogP contribution < -0.4 is 5.32 Å². The third kappa shape index (κ3) is 3.81.